The van der Waals surface area contributed by atoms with Gasteiger partial charge < -0.3 is 10.5 Å². The van der Waals surface area contributed by atoms with Crippen molar-refractivity contribution in [1.29, 1.82) is 0 Å². The Bertz CT molecular complexity index is 699. The van der Waals surface area contributed by atoms with Crippen LogP contribution in [0.3, 0.4) is 0 Å². The van der Waals surface area contributed by atoms with Crippen LogP contribution in [0.2, 0.25) is 0 Å². The molecule has 2 rings (SSSR count). The van der Waals surface area contributed by atoms with Crippen LogP contribution in [0.25, 0.3) is 0 Å². The monoisotopic (exact) mass is 350 g/mol. The second-order valence-electron chi connectivity index (χ2n) is 4.35. The summed E-state index contributed by atoms with van der Waals surface area (Å²) >= 11 is 3.04. The van der Waals surface area contributed by atoms with E-state index in [2.05, 4.69) is 26.4 Å². The number of oxime groups is 1. The lowest BCUT2D eigenvalue weighted by Crippen LogP contribution is -2.12. The van der Waals surface area contributed by atoms with E-state index in [1.165, 1.54) is 12.1 Å². The summed E-state index contributed by atoms with van der Waals surface area (Å²) in [5.74, 6) is -0.894. The average molecular weight is 351 g/mol. The molecule has 0 atom stereocenters. The van der Waals surface area contributed by atoms with Gasteiger partial charge in [-0.15, -0.1) is 0 Å². The van der Waals surface area contributed by atoms with Crippen molar-refractivity contribution in [3.05, 3.63) is 63.9 Å². The Morgan fingerprint density at radius 1 is 1.19 bits per heavy atom. The third-order valence-corrected chi connectivity index (χ3v) is 3.54. The van der Waals surface area contributed by atoms with Gasteiger partial charge in [0.25, 0.3) is 5.91 Å². The molecule has 21 heavy (non-hydrogen) atoms. The van der Waals surface area contributed by atoms with Gasteiger partial charge in [-0.1, -0.05) is 17.3 Å². The van der Waals surface area contributed by atoms with E-state index >= 15 is 0 Å². The van der Waals surface area contributed by atoms with Crippen LogP contribution in [-0.4, -0.2) is 16.8 Å². The summed E-state index contributed by atoms with van der Waals surface area (Å²) in [7, 11) is 0. The van der Waals surface area contributed by atoms with Crippen LogP contribution in [0.4, 0.5) is 10.1 Å². The quantitative estimate of drug-likeness (QED) is 0.498. The van der Waals surface area contributed by atoms with Gasteiger partial charge in [0.1, 0.15) is 5.82 Å². The number of hydrogen-bond donors (Lipinski definition) is 2. The first-order valence-electron chi connectivity index (χ1n) is 6.07. The van der Waals surface area contributed by atoms with Crippen molar-refractivity contribution in [3.63, 3.8) is 0 Å². The maximum atomic E-state index is 13.4. The van der Waals surface area contributed by atoms with Crippen molar-refractivity contribution in [1.82, 2.24) is 0 Å². The minimum absolute atomic E-state index is 0.230. The highest BCUT2D eigenvalue weighted by molar-refractivity contribution is 9.10. The molecule has 1 amide bonds. The molecule has 0 radical (unpaired) electrons. The molecule has 0 saturated heterocycles. The molecule has 0 saturated carbocycles. The molecule has 2 N–H and O–H groups in total. The molecule has 2 aromatic rings. The molecule has 4 nitrogen and oxygen atoms in total. The van der Waals surface area contributed by atoms with Crippen LogP contribution in [0.1, 0.15) is 22.8 Å². The van der Waals surface area contributed by atoms with Gasteiger partial charge in [0, 0.05) is 11.3 Å². The number of hydrogen-bond acceptors (Lipinski definition) is 3. The van der Waals surface area contributed by atoms with Crippen LogP contribution >= 0.6 is 15.9 Å². The van der Waals surface area contributed by atoms with Crippen molar-refractivity contribution in [2.24, 2.45) is 5.16 Å². The highest BCUT2D eigenvalue weighted by Crippen LogP contribution is 2.18. The van der Waals surface area contributed by atoms with Gasteiger partial charge in [0.2, 0.25) is 0 Å². The van der Waals surface area contributed by atoms with E-state index in [9.17, 15) is 9.18 Å². The normalized spacial score (nSPS) is 11.3. The third kappa shape index (κ3) is 3.66. The van der Waals surface area contributed by atoms with Crippen LogP contribution in [-0.2, 0) is 0 Å². The topological polar surface area (TPSA) is 61.7 Å². The maximum Gasteiger partial charge on any atom is 0.255 e. The molecular formula is C15H12BrFN2O2. The molecule has 0 fully saturated rings. The first-order valence-corrected chi connectivity index (χ1v) is 6.86. The van der Waals surface area contributed by atoms with Crippen molar-refractivity contribution in [2.45, 2.75) is 6.92 Å². The number of amides is 1. The Labute approximate surface area is 129 Å². The van der Waals surface area contributed by atoms with Crippen molar-refractivity contribution < 1.29 is 14.4 Å². The molecule has 0 aromatic heterocycles. The Hall–Kier alpha value is -2.21. The van der Waals surface area contributed by atoms with Gasteiger partial charge in [0.15, 0.2) is 0 Å². The molecule has 108 valence electrons. The summed E-state index contributed by atoms with van der Waals surface area (Å²) in [6.45, 7) is 1.66. The zero-order valence-electron chi connectivity index (χ0n) is 11.1. The van der Waals surface area contributed by atoms with Gasteiger partial charge in [-0.3, -0.25) is 4.79 Å². The average Bonchev–Trinajstić information content (AvgIpc) is 2.50. The van der Waals surface area contributed by atoms with E-state index < -0.39 is 11.7 Å². The number of rotatable bonds is 3. The lowest BCUT2D eigenvalue weighted by Gasteiger charge is -2.07. The van der Waals surface area contributed by atoms with Gasteiger partial charge in [-0.2, -0.15) is 0 Å². The number of nitrogens with one attached hydrogen (secondary N) is 1. The van der Waals surface area contributed by atoms with Crippen molar-refractivity contribution in [2.75, 3.05) is 5.32 Å². The van der Waals surface area contributed by atoms with E-state index in [0.717, 1.165) is 11.6 Å². The fourth-order valence-electron chi connectivity index (χ4n) is 1.69. The van der Waals surface area contributed by atoms with Crippen LogP contribution in [0, 0.1) is 5.82 Å². The van der Waals surface area contributed by atoms with Gasteiger partial charge in [0.05, 0.1) is 10.2 Å². The Balaban J connectivity index is 2.14. The zero-order chi connectivity index (χ0) is 15.4. The molecule has 6 heteroatoms. The first kappa shape index (κ1) is 15.2. The molecule has 0 heterocycles. The van der Waals surface area contributed by atoms with E-state index in [1.54, 1.807) is 31.2 Å². The summed E-state index contributed by atoms with van der Waals surface area (Å²) < 4.78 is 13.7. The predicted molar refractivity (Wildman–Crippen MR) is 82.5 cm³/mol. The van der Waals surface area contributed by atoms with Crippen LogP contribution < -0.4 is 5.32 Å². The van der Waals surface area contributed by atoms with E-state index in [0.29, 0.717) is 15.9 Å². The number of carbonyl (C=O) groups is 1. The molecule has 0 aliphatic carbocycles. The van der Waals surface area contributed by atoms with E-state index in [-0.39, 0.29) is 5.56 Å². The van der Waals surface area contributed by atoms with Crippen LogP contribution in [0.5, 0.6) is 0 Å². The molecule has 0 aliphatic rings. The number of anilines is 1. The fraction of sp³-hybridized carbons (Fsp3) is 0.0667. The number of carbonyl (C=O) groups excluding carboxylic acids is 1. The second kappa shape index (κ2) is 6.49. The largest absolute Gasteiger partial charge is 0.411 e. The lowest BCUT2D eigenvalue weighted by atomic mass is 10.1. The maximum absolute atomic E-state index is 13.4. The molecular weight excluding hydrogens is 339 g/mol. The second-order valence-corrected chi connectivity index (χ2v) is 5.20. The zero-order valence-corrected chi connectivity index (χ0v) is 12.7. The van der Waals surface area contributed by atoms with E-state index in [4.69, 9.17) is 5.21 Å². The highest BCUT2D eigenvalue weighted by Gasteiger charge is 2.09. The number of halogens is 2. The number of benzene rings is 2. The lowest BCUT2D eigenvalue weighted by molar-refractivity contribution is 0.102. The standard InChI is InChI=1S/C15H12BrFN2O2/c1-9(19-21)10-2-5-12(6-3-10)18-15(20)11-4-7-13(16)14(17)8-11/h2-8,21H,1H3,(H,18,20). The highest BCUT2D eigenvalue weighted by atomic mass is 79.9. The summed E-state index contributed by atoms with van der Waals surface area (Å²) in [5, 5.41) is 14.4. The molecule has 0 spiro atoms. The number of nitrogens with zero attached hydrogens (tertiary/aromatic N) is 1. The molecule has 0 unspecified atom stereocenters. The Morgan fingerprint density at radius 3 is 2.38 bits per heavy atom. The minimum Gasteiger partial charge on any atom is -0.411 e. The minimum atomic E-state index is -0.493. The Morgan fingerprint density at radius 2 is 1.81 bits per heavy atom. The molecule has 2 aromatic carbocycles. The first-order chi connectivity index (χ1) is 10.0. The predicted octanol–water partition coefficient (Wildman–Crippen LogP) is 4.04. The fourth-order valence-corrected chi connectivity index (χ4v) is 1.94. The summed E-state index contributed by atoms with van der Waals surface area (Å²) in [6, 6.07) is 11.0. The summed E-state index contributed by atoms with van der Waals surface area (Å²) in [4.78, 5) is 12.0. The summed E-state index contributed by atoms with van der Waals surface area (Å²) in [6.07, 6.45) is 0. The van der Waals surface area contributed by atoms with Crippen molar-refractivity contribution in [3.8, 4) is 0 Å². The van der Waals surface area contributed by atoms with E-state index in [1.807, 2.05) is 0 Å². The Kier molecular flexibility index (Phi) is 4.70. The summed E-state index contributed by atoms with van der Waals surface area (Å²) in [5.41, 5.74) is 2.01. The van der Waals surface area contributed by atoms with Crippen molar-refractivity contribution >= 4 is 33.2 Å². The molecule has 0 bridgehead atoms. The van der Waals surface area contributed by atoms with Gasteiger partial charge in [-0.25, -0.2) is 4.39 Å². The SMILES string of the molecule is CC(=NO)c1ccc(NC(=O)c2ccc(Br)c(F)c2)cc1. The smallest absolute Gasteiger partial charge is 0.255 e. The van der Waals surface area contributed by atoms with Gasteiger partial charge >= 0.3 is 0 Å². The van der Waals surface area contributed by atoms with Gasteiger partial charge in [-0.05, 0) is 58.7 Å². The third-order valence-electron chi connectivity index (χ3n) is 2.89. The molecule has 0 aliphatic heterocycles. The van der Waals surface area contributed by atoms with Crippen LogP contribution in [0.15, 0.2) is 52.1 Å².